The summed E-state index contributed by atoms with van der Waals surface area (Å²) in [5, 5.41) is 3.57. The molecule has 2 fully saturated rings. The van der Waals surface area contributed by atoms with Crippen LogP contribution in [-0.4, -0.2) is 55.1 Å². The molecule has 8 heteroatoms. The van der Waals surface area contributed by atoms with E-state index in [1.165, 1.54) is 7.11 Å². The van der Waals surface area contributed by atoms with E-state index in [0.29, 0.717) is 17.5 Å². The Hall–Kier alpha value is -2.09. The number of hydrogen-bond acceptors (Lipinski definition) is 4. The highest BCUT2D eigenvalue weighted by Gasteiger charge is 2.47. The van der Waals surface area contributed by atoms with Crippen molar-refractivity contribution in [3.05, 3.63) is 69.2 Å². The number of alkyl carbamates (subject to hydrolysis) is 1. The Kier molecular flexibility index (Phi) is 8.17. The van der Waals surface area contributed by atoms with E-state index in [-0.39, 0.29) is 11.5 Å². The van der Waals surface area contributed by atoms with E-state index in [1.807, 2.05) is 41.3 Å². The van der Waals surface area contributed by atoms with Crippen molar-refractivity contribution >= 4 is 39.5 Å². The van der Waals surface area contributed by atoms with Crippen molar-refractivity contribution in [3.8, 4) is 0 Å². The molecule has 2 aromatic rings. The maximum atomic E-state index is 13.3. The van der Waals surface area contributed by atoms with Gasteiger partial charge in [-0.25, -0.2) is 4.79 Å². The highest BCUT2D eigenvalue weighted by molar-refractivity contribution is 9.10. The standard InChI is InChI=1S/C26H31BrClN3O3/c1-34-25(33)29-23(20-3-2-4-22(28)17-20)9-13-30-14-10-26(11-15-30)12-16-31(24(26)32)18-19-5-7-21(27)8-6-19/h2-8,17,23H,9-16,18H2,1H3,(H,29,33). The van der Waals surface area contributed by atoms with Crippen molar-refractivity contribution in [2.75, 3.05) is 33.3 Å². The Balaban J connectivity index is 1.31. The molecule has 2 aliphatic heterocycles. The maximum Gasteiger partial charge on any atom is 0.407 e. The molecule has 1 atom stereocenters. The van der Waals surface area contributed by atoms with Crippen molar-refractivity contribution in [1.29, 1.82) is 0 Å². The van der Waals surface area contributed by atoms with Crippen LogP contribution in [0.1, 0.15) is 42.9 Å². The second-order valence-corrected chi connectivity index (χ2v) is 10.6. The molecule has 0 bridgehead atoms. The quantitative estimate of drug-likeness (QED) is 0.503. The minimum Gasteiger partial charge on any atom is -0.453 e. The van der Waals surface area contributed by atoms with Gasteiger partial charge in [-0.2, -0.15) is 0 Å². The summed E-state index contributed by atoms with van der Waals surface area (Å²) < 4.78 is 5.87. The highest BCUT2D eigenvalue weighted by atomic mass is 79.9. The Morgan fingerprint density at radius 3 is 2.53 bits per heavy atom. The number of amides is 2. The molecule has 0 saturated carbocycles. The molecule has 0 aliphatic carbocycles. The second-order valence-electron chi connectivity index (χ2n) is 9.26. The van der Waals surface area contributed by atoms with Gasteiger partial charge in [-0.05, 0) is 74.2 Å². The zero-order valence-electron chi connectivity index (χ0n) is 19.4. The van der Waals surface area contributed by atoms with Crippen LogP contribution in [0.15, 0.2) is 53.0 Å². The third kappa shape index (κ3) is 5.93. The lowest BCUT2D eigenvalue weighted by molar-refractivity contribution is -0.138. The molecule has 2 aromatic carbocycles. The van der Waals surface area contributed by atoms with Crippen LogP contribution in [0, 0.1) is 5.41 Å². The van der Waals surface area contributed by atoms with Gasteiger partial charge < -0.3 is 19.9 Å². The lowest BCUT2D eigenvalue weighted by Gasteiger charge is -2.38. The third-order valence-electron chi connectivity index (χ3n) is 7.16. The molecule has 2 saturated heterocycles. The minimum absolute atomic E-state index is 0.184. The lowest BCUT2D eigenvalue weighted by Crippen LogP contribution is -2.45. The Morgan fingerprint density at radius 1 is 1.15 bits per heavy atom. The van der Waals surface area contributed by atoms with Gasteiger partial charge in [0.15, 0.2) is 0 Å². The fourth-order valence-corrected chi connectivity index (χ4v) is 5.54. The number of hydrogen-bond donors (Lipinski definition) is 1. The number of nitrogens with zero attached hydrogens (tertiary/aromatic N) is 2. The third-order valence-corrected chi connectivity index (χ3v) is 7.93. The van der Waals surface area contributed by atoms with Crippen LogP contribution >= 0.6 is 27.5 Å². The number of carbonyl (C=O) groups is 2. The van der Waals surface area contributed by atoms with E-state index in [1.54, 1.807) is 0 Å². The van der Waals surface area contributed by atoms with Crippen LogP contribution < -0.4 is 5.32 Å². The summed E-state index contributed by atoms with van der Waals surface area (Å²) in [4.78, 5) is 29.6. The molecular weight excluding hydrogens is 518 g/mol. The molecule has 1 N–H and O–H groups in total. The van der Waals surface area contributed by atoms with Crippen molar-refractivity contribution in [2.45, 2.75) is 38.3 Å². The minimum atomic E-state index is -0.454. The zero-order chi connectivity index (χ0) is 24.1. The van der Waals surface area contributed by atoms with Crippen LogP contribution in [0.2, 0.25) is 5.02 Å². The molecule has 0 radical (unpaired) electrons. The Bertz CT molecular complexity index is 1010. The second kappa shape index (κ2) is 11.1. The fourth-order valence-electron chi connectivity index (χ4n) is 5.08. The number of carbonyl (C=O) groups excluding carboxylic acids is 2. The molecule has 6 nitrogen and oxygen atoms in total. The van der Waals surface area contributed by atoms with Crippen molar-refractivity contribution < 1.29 is 14.3 Å². The monoisotopic (exact) mass is 547 g/mol. The normalized spacial score (nSPS) is 18.8. The van der Waals surface area contributed by atoms with E-state index in [4.69, 9.17) is 16.3 Å². The highest BCUT2D eigenvalue weighted by Crippen LogP contribution is 2.42. The first-order valence-electron chi connectivity index (χ1n) is 11.7. The number of halogens is 2. The number of piperidine rings is 1. The molecule has 4 rings (SSSR count). The average Bonchev–Trinajstić information content (AvgIpc) is 3.13. The first-order valence-corrected chi connectivity index (χ1v) is 12.9. The van der Waals surface area contributed by atoms with Crippen LogP contribution in [0.3, 0.4) is 0 Å². The smallest absolute Gasteiger partial charge is 0.407 e. The maximum absolute atomic E-state index is 13.3. The van der Waals surface area contributed by atoms with Crippen LogP contribution in [0.5, 0.6) is 0 Å². The van der Waals surface area contributed by atoms with E-state index in [2.05, 4.69) is 38.3 Å². The van der Waals surface area contributed by atoms with E-state index in [0.717, 1.165) is 67.5 Å². The summed E-state index contributed by atoms with van der Waals surface area (Å²) in [6.45, 7) is 4.11. The predicted molar refractivity (Wildman–Crippen MR) is 137 cm³/mol. The molecule has 2 amide bonds. The molecular formula is C26H31BrClN3O3. The van der Waals surface area contributed by atoms with Gasteiger partial charge in [-0.3, -0.25) is 4.79 Å². The Labute approximate surface area is 214 Å². The molecule has 182 valence electrons. The molecule has 0 aromatic heterocycles. The van der Waals surface area contributed by atoms with Gasteiger partial charge in [0.25, 0.3) is 0 Å². The van der Waals surface area contributed by atoms with E-state index < -0.39 is 6.09 Å². The van der Waals surface area contributed by atoms with Crippen molar-refractivity contribution in [1.82, 2.24) is 15.1 Å². The summed E-state index contributed by atoms with van der Waals surface area (Å²) in [6, 6.07) is 15.6. The summed E-state index contributed by atoms with van der Waals surface area (Å²) in [7, 11) is 1.37. The first-order chi connectivity index (χ1) is 16.4. The number of rotatable bonds is 7. The molecule has 34 heavy (non-hydrogen) atoms. The largest absolute Gasteiger partial charge is 0.453 e. The van der Waals surface area contributed by atoms with Gasteiger partial charge in [-0.15, -0.1) is 0 Å². The fraction of sp³-hybridized carbons (Fsp3) is 0.462. The topological polar surface area (TPSA) is 61.9 Å². The molecule has 1 spiro atoms. The van der Waals surface area contributed by atoms with Gasteiger partial charge in [0.1, 0.15) is 0 Å². The predicted octanol–water partition coefficient (Wildman–Crippen LogP) is 5.40. The molecule has 2 aliphatic rings. The van der Waals surface area contributed by atoms with Crippen LogP contribution in [0.4, 0.5) is 4.79 Å². The van der Waals surface area contributed by atoms with E-state index in [9.17, 15) is 9.59 Å². The summed E-state index contributed by atoms with van der Waals surface area (Å²) in [5.74, 6) is 0.305. The van der Waals surface area contributed by atoms with Crippen LogP contribution in [0.25, 0.3) is 0 Å². The van der Waals surface area contributed by atoms with Gasteiger partial charge in [-0.1, -0.05) is 51.8 Å². The van der Waals surface area contributed by atoms with Crippen molar-refractivity contribution in [3.63, 3.8) is 0 Å². The Morgan fingerprint density at radius 2 is 1.85 bits per heavy atom. The summed E-state index contributed by atoms with van der Waals surface area (Å²) in [6.07, 6.45) is 2.99. The summed E-state index contributed by atoms with van der Waals surface area (Å²) >= 11 is 9.64. The van der Waals surface area contributed by atoms with Gasteiger partial charge in [0.2, 0.25) is 5.91 Å². The number of nitrogens with one attached hydrogen (secondary N) is 1. The van der Waals surface area contributed by atoms with Gasteiger partial charge >= 0.3 is 6.09 Å². The molecule has 1 unspecified atom stereocenters. The molecule has 2 heterocycles. The number of ether oxygens (including phenoxy) is 1. The van der Waals surface area contributed by atoms with Gasteiger partial charge in [0.05, 0.1) is 18.6 Å². The zero-order valence-corrected chi connectivity index (χ0v) is 21.8. The summed E-state index contributed by atoms with van der Waals surface area (Å²) in [5.41, 5.74) is 1.90. The number of methoxy groups -OCH3 is 1. The lowest BCUT2D eigenvalue weighted by atomic mass is 9.77. The van der Waals surface area contributed by atoms with Crippen LogP contribution in [-0.2, 0) is 16.1 Å². The van der Waals surface area contributed by atoms with E-state index >= 15 is 0 Å². The SMILES string of the molecule is COC(=O)NC(CCN1CCC2(CC1)CCN(Cc1ccc(Br)cc1)C2=O)c1cccc(Cl)c1. The number of likely N-dealkylation sites (tertiary alicyclic amines) is 2. The average molecular weight is 549 g/mol. The number of benzene rings is 2. The first kappa shape index (κ1) is 25.0. The van der Waals surface area contributed by atoms with Crippen molar-refractivity contribution in [2.24, 2.45) is 5.41 Å². The van der Waals surface area contributed by atoms with Gasteiger partial charge in [0, 0.05) is 29.1 Å².